The summed E-state index contributed by atoms with van der Waals surface area (Å²) in [6, 6.07) is 0. The molecule has 0 aliphatic carbocycles. The van der Waals surface area contributed by atoms with E-state index in [1.54, 1.807) is 0 Å². The SMILES string of the molecule is O=C(Cl)N(C(F)(F)F)C(F)(F)F. The summed E-state index contributed by atoms with van der Waals surface area (Å²) in [5, 5.41) is -2.64. The van der Waals surface area contributed by atoms with Crippen LogP contribution in [0, 0.1) is 0 Å². The molecule has 9 heteroatoms. The minimum Gasteiger partial charge on any atom is -0.255 e. The van der Waals surface area contributed by atoms with Gasteiger partial charge in [-0.25, -0.2) is 0 Å². The molecule has 0 heterocycles. The van der Waals surface area contributed by atoms with Gasteiger partial charge < -0.3 is 0 Å². The highest BCUT2D eigenvalue weighted by Gasteiger charge is 2.56. The van der Waals surface area contributed by atoms with Crippen molar-refractivity contribution >= 4 is 17.0 Å². The van der Waals surface area contributed by atoms with Gasteiger partial charge in [-0.1, -0.05) is 0 Å². The van der Waals surface area contributed by atoms with E-state index in [0.29, 0.717) is 0 Å². The van der Waals surface area contributed by atoms with Gasteiger partial charge in [-0.05, 0) is 11.6 Å². The number of hydrogen-bond donors (Lipinski definition) is 0. The van der Waals surface area contributed by atoms with Crippen molar-refractivity contribution in [3.05, 3.63) is 0 Å². The van der Waals surface area contributed by atoms with E-state index in [4.69, 9.17) is 0 Å². The van der Waals surface area contributed by atoms with Crippen LogP contribution in [0.25, 0.3) is 0 Å². The van der Waals surface area contributed by atoms with E-state index in [0.717, 1.165) is 0 Å². The van der Waals surface area contributed by atoms with Gasteiger partial charge in [-0.15, -0.1) is 31.2 Å². The van der Waals surface area contributed by atoms with Crippen LogP contribution >= 0.6 is 11.6 Å². The molecule has 0 aromatic rings. The van der Waals surface area contributed by atoms with Crippen LogP contribution < -0.4 is 0 Å². The first-order chi connectivity index (χ1) is 5.07. The second kappa shape index (κ2) is 3.00. The molecule has 0 spiro atoms. The lowest BCUT2D eigenvalue weighted by atomic mass is 10.8. The fourth-order valence-corrected chi connectivity index (χ4v) is 0.535. The number of rotatable bonds is 0. The third-order valence-electron chi connectivity index (χ3n) is 0.683. The van der Waals surface area contributed by atoms with Gasteiger partial charge in [0.15, 0.2) is 0 Å². The normalized spacial score (nSPS) is 12.9. The van der Waals surface area contributed by atoms with Crippen LogP contribution in [0.3, 0.4) is 0 Å². The Labute approximate surface area is 66.7 Å². The Morgan fingerprint density at radius 2 is 1.25 bits per heavy atom. The van der Waals surface area contributed by atoms with E-state index in [2.05, 4.69) is 11.6 Å². The van der Waals surface area contributed by atoms with Crippen LogP contribution in [0.4, 0.5) is 31.1 Å². The van der Waals surface area contributed by atoms with Crippen molar-refractivity contribution in [3.8, 4) is 0 Å². The molecule has 0 fully saturated rings. The Balaban J connectivity index is 4.82. The molecule has 0 aliphatic rings. The molecule has 1 amide bonds. The summed E-state index contributed by atoms with van der Waals surface area (Å²) in [7, 11) is 0. The van der Waals surface area contributed by atoms with Crippen molar-refractivity contribution in [3.63, 3.8) is 0 Å². The lowest BCUT2D eigenvalue weighted by Crippen LogP contribution is -2.49. The number of amides is 1. The topological polar surface area (TPSA) is 20.3 Å². The molecule has 0 radical (unpaired) electrons. The van der Waals surface area contributed by atoms with Gasteiger partial charge in [0.05, 0.1) is 0 Å². The third kappa shape index (κ3) is 2.76. The van der Waals surface area contributed by atoms with Gasteiger partial charge in [0, 0.05) is 0 Å². The van der Waals surface area contributed by atoms with Gasteiger partial charge in [-0.2, -0.15) is 0 Å². The first-order valence-electron chi connectivity index (χ1n) is 2.20. The molecule has 72 valence electrons. The highest BCUT2D eigenvalue weighted by atomic mass is 35.5. The van der Waals surface area contributed by atoms with Crippen molar-refractivity contribution in [2.75, 3.05) is 0 Å². The van der Waals surface area contributed by atoms with Crippen molar-refractivity contribution in [2.45, 2.75) is 12.6 Å². The van der Waals surface area contributed by atoms with Crippen LogP contribution in [0.1, 0.15) is 0 Å². The maximum absolute atomic E-state index is 11.4. The molecule has 2 nitrogen and oxygen atoms in total. The van der Waals surface area contributed by atoms with E-state index >= 15 is 0 Å². The monoisotopic (exact) mass is 215 g/mol. The highest BCUT2D eigenvalue weighted by Crippen LogP contribution is 2.34. The quantitative estimate of drug-likeness (QED) is 0.346. The molecule has 0 saturated carbocycles. The molecule has 0 saturated heterocycles. The summed E-state index contributed by atoms with van der Waals surface area (Å²) in [6.45, 7) is 0. The average molecular weight is 215 g/mol. The summed E-state index contributed by atoms with van der Waals surface area (Å²) in [5.41, 5.74) is 0. The Bertz CT molecular complexity index is 170. The predicted molar refractivity (Wildman–Crippen MR) is 25.2 cm³/mol. The van der Waals surface area contributed by atoms with E-state index in [9.17, 15) is 31.1 Å². The lowest BCUT2D eigenvalue weighted by Gasteiger charge is -2.23. The molecule has 0 aliphatic heterocycles. The van der Waals surface area contributed by atoms with E-state index in [1.807, 2.05) is 0 Å². The summed E-state index contributed by atoms with van der Waals surface area (Å²) in [4.78, 5) is 7.36. The zero-order valence-corrected chi connectivity index (χ0v) is 5.76. The standard InChI is InChI=1S/C3ClF6NO/c4-1(12)11(2(5,6)7)3(8,9)10. The molecule has 0 aromatic heterocycles. The lowest BCUT2D eigenvalue weighted by molar-refractivity contribution is -0.345. The molecule has 0 atom stereocenters. The third-order valence-corrected chi connectivity index (χ3v) is 0.852. The van der Waals surface area contributed by atoms with Crippen molar-refractivity contribution in [1.29, 1.82) is 0 Å². The Kier molecular flexibility index (Phi) is 2.83. The first kappa shape index (κ1) is 11.3. The van der Waals surface area contributed by atoms with Crippen LogP contribution in [0.5, 0.6) is 0 Å². The summed E-state index contributed by atoms with van der Waals surface area (Å²) < 4.78 is 68.2. The average Bonchev–Trinajstić information content (AvgIpc) is 1.49. The molecule has 0 unspecified atom stereocenters. The van der Waals surface area contributed by atoms with Gasteiger partial charge in [-0.3, -0.25) is 4.79 Å². The number of alkyl halides is 6. The van der Waals surface area contributed by atoms with E-state index < -0.39 is 22.9 Å². The zero-order valence-electron chi connectivity index (χ0n) is 5.00. The fraction of sp³-hybridized carbons (Fsp3) is 0.667. The summed E-state index contributed by atoms with van der Waals surface area (Å²) in [5.74, 6) is 0. The maximum Gasteiger partial charge on any atom is 0.495 e. The Morgan fingerprint density at radius 1 is 1.00 bits per heavy atom. The fourth-order valence-electron chi connectivity index (χ4n) is 0.343. The molecular weight excluding hydrogens is 215 g/mol. The second-order valence-electron chi connectivity index (χ2n) is 1.52. The Hall–Kier alpha value is -0.660. The number of halogens is 7. The number of carbonyl (C=O) groups is 1. The van der Waals surface area contributed by atoms with Gasteiger partial charge in [0.25, 0.3) is 0 Å². The second-order valence-corrected chi connectivity index (χ2v) is 1.85. The largest absolute Gasteiger partial charge is 0.495 e. The molecule has 0 aromatic carbocycles. The summed E-state index contributed by atoms with van der Waals surface area (Å²) in [6.07, 6.45) is -11.7. The molecular formula is C3ClF6NO. The van der Waals surface area contributed by atoms with Crippen molar-refractivity contribution in [1.82, 2.24) is 4.90 Å². The van der Waals surface area contributed by atoms with Gasteiger partial charge in [0.1, 0.15) is 0 Å². The van der Waals surface area contributed by atoms with Crippen molar-refractivity contribution in [2.24, 2.45) is 0 Å². The minimum atomic E-state index is -5.85. The highest BCUT2D eigenvalue weighted by molar-refractivity contribution is 6.62. The van der Waals surface area contributed by atoms with Crippen LogP contribution in [-0.4, -0.2) is 22.9 Å². The number of carbonyl (C=O) groups excluding carboxylic acids is 1. The molecule has 0 bridgehead atoms. The molecule has 0 N–H and O–H groups in total. The minimum absolute atomic E-state index is 2.33. The molecule has 0 rings (SSSR count). The van der Waals surface area contributed by atoms with Crippen LogP contribution in [-0.2, 0) is 0 Å². The van der Waals surface area contributed by atoms with Crippen LogP contribution in [0.2, 0.25) is 0 Å². The van der Waals surface area contributed by atoms with Gasteiger partial charge in [0.2, 0.25) is 0 Å². The van der Waals surface area contributed by atoms with E-state index in [1.165, 1.54) is 0 Å². The Morgan fingerprint density at radius 3 is 1.25 bits per heavy atom. The smallest absolute Gasteiger partial charge is 0.255 e. The maximum atomic E-state index is 11.4. The number of nitrogens with zero attached hydrogens (tertiary/aromatic N) is 1. The molecule has 12 heavy (non-hydrogen) atoms. The number of hydrogen-bond acceptors (Lipinski definition) is 1. The first-order valence-corrected chi connectivity index (χ1v) is 2.58. The van der Waals surface area contributed by atoms with E-state index in [-0.39, 0.29) is 0 Å². The van der Waals surface area contributed by atoms with Crippen molar-refractivity contribution < 1.29 is 31.1 Å². The van der Waals surface area contributed by atoms with Gasteiger partial charge >= 0.3 is 18.0 Å². The summed E-state index contributed by atoms with van der Waals surface area (Å²) >= 11 is 4.06. The zero-order chi connectivity index (χ0) is 10.2. The predicted octanol–water partition coefficient (Wildman–Crippen LogP) is 2.69. The van der Waals surface area contributed by atoms with Crippen LogP contribution in [0.15, 0.2) is 0 Å².